The molecule has 0 bridgehead atoms. The van der Waals surface area contributed by atoms with Gasteiger partial charge in [-0.25, -0.2) is 0 Å². The van der Waals surface area contributed by atoms with Gasteiger partial charge in [0.2, 0.25) is 5.91 Å². The van der Waals surface area contributed by atoms with Crippen molar-refractivity contribution in [1.82, 2.24) is 9.47 Å². The molecule has 102 valence electrons. The van der Waals surface area contributed by atoms with Crippen molar-refractivity contribution in [1.29, 1.82) is 0 Å². The number of halogens is 1. The summed E-state index contributed by atoms with van der Waals surface area (Å²) < 4.78 is 1.92. The zero-order chi connectivity index (χ0) is 14.3. The van der Waals surface area contributed by atoms with Gasteiger partial charge < -0.3 is 15.2 Å². The Hall–Kier alpha value is -2.27. The van der Waals surface area contributed by atoms with Crippen molar-refractivity contribution in [2.24, 2.45) is 5.73 Å². The molecule has 5 nitrogen and oxygen atoms in total. The van der Waals surface area contributed by atoms with Gasteiger partial charge in [-0.15, -0.1) is 0 Å². The first kappa shape index (κ1) is 12.7. The Morgan fingerprint density at radius 3 is 2.90 bits per heavy atom. The number of aromatic nitrogens is 1. The molecule has 0 fully saturated rings. The first-order valence-corrected chi connectivity index (χ1v) is 6.48. The topological polar surface area (TPSA) is 68.3 Å². The lowest BCUT2D eigenvalue weighted by atomic mass is 10.1. The monoisotopic (exact) mass is 289 g/mol. The van der Waals surface area contributed by atoms with E-state index in [1.807, 2.05) is 22.9 Å². The molecule has 1 aliphatic heterocycles. The standard InChI is InChI=1S/C14H12ClN3O2/c15-9-3-4-12-11(6-9)14(20)17(8-13(16)19)7-10-2-1-5-18(10)12/h1-6H,7-8H2,(H2,16,19). The highest BCUT2D eigenvalue weighted by Gasteiger charge is 2.26. The van der Waals surface area contributed by atoms with Crippen LogP contribution in [0.15, 0.2) is 36.5 Å². The molecule has 0 atom stereocenters. The third-order valence-electron chi connectivity index (χ3n) is 3.27. The minimum absolute atomic E-state index is 0.115. The summed E-state index contributed by atoms with van der Waals surface area (Å²) in [7, 11) is 0. The first-order valence-electron chi connectivity index (χ1n) is 6.10. The smallest absolute Gasteiger partial charge is 0.256 e. The van der Waals surface area contributed by atoms with E-state index < -0.39 is 5.91 Å². The van der Waals surface area contributed by atoms with Crippen molar-refractivity contribution in [3.63, 3.8) is 0 Å². The summed E-state index contributed by atoms with van der Waals surface area (Å²) in [5.41, 5.74) is 7.36. The van der Waals surface area contributed by atoms with Crippen molar-refractivity contribution < 1.29 is 9.59 Å². The van der Waals surface area contributed by atoms with Crippen LogP contribution >= 0.6 is 11.6 Å². The Bertz CT molecular complexity index is 708. The van der Waals surface area contributed by atoms with Crippen molar-refractivity contribution in [3.8, 4) is 5.69 Å². The second-order valence-corrected chi connectivity index (χ2v) is 5.09. The molecule has 1 aromatic carbocycles. The number of nitrogens with zero attached hydrogens (tertiary/aromatic N) is 2. The summed E-state index contributed by atoms with van der Waals surface area (Å²) in [6.45, 7) is 0.219. The fourth-order valence-corrected chi connectivity index (χ4v) is 2.60. The highest BCUT2D eigenvalue weighted by atomic mass is 35.5. The molecule has 20 heavy (non-hydrogen) atoms. The van der Waals surface area contributed by atoms with Gasteiger partial charge in [-0.05, 0) is 30.3 Å². The number of benzene rings is 1. The number of rotatable bonds is 2. The Kier molecular flexibility index (Phi) is 2.99. The van der Waals surface area contributed by atoms with Crippen molar-refractivity contribution >= 4 is 23.4 Å². The maximum absolute atomic E-state index is 12.5. The van der Waals surface area contributed by atoms with Crippen molar-refractivity contribution in [2.75, 3.05) is 6.54 Å². The van der Waals surface area contributed by atoms with Crippen molar-refractivity contribution in [3.05, 3.63) is 52.8 Å². The van der Waals surface area contributed by atoms with Gasteiger partial charge in [0.15, 0.2) is 0 Å². The second-order valence-electron chi connectivity index (χ2n) is 4.66. The molecule has 2 aromatic rings. The molecule has 6 heteroatoms. The molecule has 3 rings (SSSR count). The van der Waals surface area contributed by atoms with Crippen LogP contribution in [-0.4, -0.2) is 27.8 Å². The van der Waals surface area contributed by atoms with Crippen LogP contribution < -0.4 is 5.73 Å². The van der Waals surface area contributed by atoms with Gasteiger partial charge in [0.1, 0.15) is 6.54 Å². The van der Waals surface area contributed by atoms with Crippen LogP contribution in [0, 0.1) is 0 Å². The summed E-state index contributed by atoms with van der Waals surface area (Å²) in [4.78, 5) is 25.1. The van der Waals surface area contributed by atoms with Gasteiger partial charge in [0.05, 0.1) is 17.8 Å². The predicted molar refractivity (Wildman–Crippen MR) is 74.7 cm³/mol. The normalized spacial score (nSPS) is 13.7. The minimum Gasteiger partial charge on any atom is -0.368 e. The Morgan fingerprint density at radius 1 is 1.35 bits per heavy atom. The molecule has 2 heterocycles. The number of nitrogens with two attached hydrogens (primary N) is 1. The van der Waals surface area contributed by atoms with Gasteiger partial charge in [-0.1, -0.05) is 11.6 Å². The van der Waals surface area contributed by atoms with E-state index in [-0.39, 0.29) is 12.5 Å². The molecule has 0 spiro atoms. The Morgan fingerprint density at radius 2 is 2.15 bits per heavy atom. The largest absolute Gasteiger partial charge is 0.368 e. The number of carbonyl (C=O) groups is 2. The average Bonchev–Trinajstić information content (AvgIpc) is 2.81. The third kappa shape index (κ3) is 2.06. The van der Waals surface area contributed by atoms with Crippen LogP contribution in [0.1, 0.15) is 16.1 Å². The average molecular weight is 290 g/mol. The van der Waals surface area contributed by atoms with Gasteiger partial charge in [0, 0.05) is 16.9 Å². The van der Waals surface area contributed by atoms with E-state index in [0.29, 0.717) is 17.1 Å². The number of hydrogen-bond donors (Lipinski definition) is 1. The summed E-state index contributed by atoms with van der Waals surface area (Å²) in [5.74, 6) is -0.785. The lowest BCUT2D eigenvalue weighted by Gasteiger charge is -2.18. The number of hydrogen-bond acceptors (Lipinski definition) is 2. The van der Waals surface area contributed by atoms with Crippen LogP contribution in [-0.2, 0) is 11.3 Å². The van der Waals surface area contributed by atoms with E-state index in [1.54, 1.807) is 18.2 Å². The number of amides is 2. The van der Waals surface area contributed by atoms with E-state index in [0.717, 1.165) is 11.4 Å². The zero-order valence-electron chi connectivity index (χ0n) is 10.5. The molecule has 0 radical (unpaired) electrons. The molecule has 2 amide bonds. The highest BCUT2D eigenvalue weighted by Crippen LogP contribution is 2.27. The van der Waals surface area contributed by atoms with Crippen LogP contribution in [0.4, 0.5) is 0 Å². The molecular weight excluding hydrogens is 278 g/mol. The Labute approximate surface area is 120 Å². The summed E-state index contributed by atoms with van der Waals surface area (Å²) in [6.07, 6.45) is 1.88. The number of primary amides is 1. The molecule has 0 saturated heterocycles. The maximum Gasteiger partial charge on any atom is 0.256 e. The summed E-state index contributed by atoms with van der Waals surface area (Å²) in [5, 5.41) is 0.478. The first-order chi connectivity index (χ1) is 9.56. The minimum atomic E-state index is -0.540. The van der Waals surface area contributed by atoms with E-state index in [4.69, 9.17) is 17.3 Å². The van der Waals surface area contributed by atoms with E-state index in [2.05, 4.69) is 0 Å². The molecule has 2 N–H and O–H groups in total. The number of fused-ring (bicyclic) bond motifs is 3. The number of carbonyl (C=O) groups excluding carboxylic acids is 2. The zero-order valence-corrected chi connectivity index (χ0v) is 11.3. The van der Waals surface area contributed by atoms with Crippen LogP contribution in [0.3, 0.4) is 0 Å². The van der Waals surface area contributed by atoms with E-state index >= 15 is 0 Å². The van der Waals surface area contributed by atoms with Gasteiger partial charge >= 0.3 is 0 Å². The SMILES string of the molecule is NC(=O)CN1Cc2cccn2-c2ccc(Cl)cc2C1=O. The van der Waals surface area contributed by atoms with Gasteiger partial charge in [0.25, 0.3) is 5.91 Å². The van der Waals surface area contributed by atoms with Crippen LogP contribution in [0.25, 0.3) is 5.69 Å². The molecule has 0 aliphatic carbocycles. The van der Waals surface area contributed by atoms with E-state index in [9.17, 15) is 9.59 Å². The molecule has 0 unspecified atom stereocenters. The summed E-state index contributed by atoms with van der Waals surface area (Å²) >= 11 is 5.98. The van der Waals surface area contributed by atoms with Gasteiger partial charge in [-0.3, -0.25) is 9.59 Å². The lowest BCUT2D eigenvalue weighted by molar-refractivity contribution is -0.118. The maximum atomic E-state index is 12.5. The van der Waals surface area contributed by atoms with E-state index in [1.165, 1.54) is 4.90 Å². The third-order valence-corrected chi connectivity index (χ3v) is 3.50. The van der Waals surface area contributed by atoms with Crippen LogP contribution in [0.5, 0.6) is 0 Å². The predicted octanol–water partition coefficient (Wildman–Crippen LogP) is 1.57. The molecular formula is C14H12ClN3O2. The van der Waals surface area contributed by atoms with Crippen LogP contribution in [0.2, 0.25) is 5.02 Å². The Balaban J connectivity index is 2.18. The lowest BCUT2D eigenvalue weighted by Crippen LogP contribution is -2.37. The second kappa shape index (κ2) is 4.68. The fourth-order valence-electron chi connectivity index (χ4n) is 2.42. The highest BCUT2D eigenvalue weighted by molar-refractivity contribution is 6.31. The molecule has 1 aromatic heterocycles. The van der Waals surface area contributed by atoms with Gasteiger partial charge in [-0.2, -0.15) is 0 Å². The molecule has 0 saturated carbocycles. The fraction of sp³-hybridized carbons (Fsp3) is 0.143. The van der Waals surface area contributed by atoms with Crippen molar-refractivity contribution in [2.45, 2.75) is 6.54 Å². The quantitative estimate of drug-likeness (QED) is 0.912. The molecule has 1 aliphatic rings. The summed E-state index contributed by atoms with van der Waals surface area (Å²) in [6, 6.07) is 8.95.